The first-order chi connectivity index (χ1) is 40.9. The van der Waals surface area contributed by atoms with E-state index in [2.05, 4.69) is 55.4 Å². The van der Waals surface area contributed by atoms with Crippen molar-refractivity contribution in [2.45, 2.75) is 29.4 Å². The van der Waals surface area contributed by atoms with Crippen LogP contribution in [0.3, 0.4) is 0 Å². The second-order valence-corrected chi connectivity index (χ2v) is 24.7. The van der Waals surface area contributed by atoms with E-state index in [0.717, 1.165) is 60.7 Å². The van der Waals surface area contributed by atoms with Gasteiger partial charge in [-0.25, -0.2) is 19.5 Å². The lowest BCUT2D eigenvalue weighted by molar-refractivity contribution is -0.432. The molecule has 45 heteroatoms. The largest absolute Gasteiger partial charge is 0.505 e. The third-order valence-corrected chi connectivity index (χ3v) is 16.6. The smallest absolute Gasteiger partial charge is 0.356 e. The number of nitrogens with zero attached hydrogens (tertiary/aromatic N) is 10. The second-order valence-electron chi connectivity index (χ2n) is 17.0. The number of hydrogen-bond acceptors (Lipinski definition) is 30. The van der Waals surface area contributed by atoms with Gasteiger partial charge in [0.2, 0.25) is 0 Å². The van der Waals surface area contributed by atoms with Gasteiger partial charge in [-0.15, -0.1) is 35.0 Å². The summed E-state index contributed by atoms with van der Waals surface area (Å²) in [7, 11) is -26.9. The Labute approximate surface area is 490 Å². The topological polar surface area (TPSA) is 631 Å². The lowest BCUT2D eigenvalue weighted by Crippen LogP contribution is -2.14. The van der Waals surface area contributed by atoms with Crippen LogP contribution in [0.25, 0.3) is 27.2 Å². The number of carboxylic acid groups (broad SMARTS) is 2. The number of phenolic OH excluding ortho intramolecular Hbond substituents is 2. The monoisotopic (exact) mass is 1340 g/mol. The van der Waals surface area contributed by atoms with Gasteiger partial charge in [0, 0.05) is 28.3 Å². The minimum atomic E-state index is -5.75. The molecule has 0 amide bonds. The van der Waals surface area contributed by atoms with Crippen molar-refractivity contribution < 1.29 is 114 Å². The van der Waals surface area contributed by atoms with Crippen molar-refractivity contribution in [3.8, 4) is 17.2 Å². The number of nitro groups is 1. The molecule has 0 atom stereocenters. The van der Waals surface area contributed by atoms with Crippen LogP contribution in [0.15, 0.2) is 166 Å². The number of anilines is 1. The molecule has 0 aliphatic heterocycles. The summed E-state index contributed by atoms with van der Waals surface area (Å²) >= 11 is -0.0492. The van der Waals surface area contributed by atoms with Crippen molar-refractivity contribution in [3.05, 3.63) is 123 Å². The average Bonchev–Trinajstić information content (AvgIpc) is 0.953. The van der Waals surface area contributed by atoms with E-state index >= 15 is 0 Å². The fraction of sp³-hybridized carbons (Fsp3) is 0. The number of aromatic amines is 1. The number of nitrogens with two attached hydrogens (primary N) is 1. The van der Waals surface area contributed by atoms with Crippen molar-refractivity contribution in [2.75, 3.05) is 5.73 Å². The lowest BCUT2D eigenvalue weighted by Gasteiger charge is -2.15. The molecule has 1 aromatic heterocycles. The first-order valence-corrected chi connectivity index (χ1v) is 30.3. The van der Waals surface area contributed by atoms with Crippen LogP contribution < -0.4 is 11.3 Å². The number of nitrogens with one attached hydrogen (secondary N) is 1. The molecule has 7 aromatic carbocycles. The van der Waals surface area contributed by atoms with Crippen molar-refractivity contribution in [1.29, 1.82) is 0 Å². The molecule has 0 bridgehead atoms. The van der Waals surface area contributed by atoms with Crippen molar-refractivity contribution in [3.63, 3.8) is 0 Å². The molecule has 39 nitrogen and oxygen atoms in total. The Bertz CT molecular complexity index is 5150. The number of aromatic carboxylic acids is 2. The Balaban J connectivity index is 1.23. The maximum atomic E-state index is 13.3. The fourth-order valence-corrected chi connectivity index (χ4v) is 11.6. The molecule has 0 fully saturated rings. The highest BCUT2D eigenvalue weighted by atomic mass is 32.2. The van der Waals surface area contributed by atoms with E-state index in [0.29, 0.717) is 35.0 Å². The van der Waals surface area contributed by atoms with Crippen LogP contribution in [0, 0.1) is 10.1 Å². The average molecular weight is 1340 g/mol. The lowest BCUT2D eigenvalue weighted by atomic mass is 10.0. The van der Waals surface area contributed by atoms with Crippen LogP contribution in [0.5, 0.6) is 11.5 Å². The number of non-ortho nitro benzene ring substituents is 1. The Morgan fingerprint density at radius 2 is 1.15 bits per heavy atom. The number of aromatic hydroxyl groups is 2. The summed E-state index contributed by atoms with van der Waals surface area (Å²) in [5, 5.41) is 94.8. The Morgan fingerprint density at radius 1 is 0.580 bits per heavy atom. The minimum Gasteiger partial charge on any atom is -0.505 e. The van der Waals surface area contributed by atoms with Crippen LogP contribution in [-0.4, -0.2) is 117 Å². The minimum absolute atomic E-state index is 0.0492. The van der Waals surface area contributed by atoms with Gasteiger partial charge in [-0.2, -0.15) is 52.3 Å². The molecule has 0 aliphatic carbocycles. The first kappa shape index (κ1) is 64.0. The van der Waals surface area contributed by atoms with Crippen LogP contribution >= 0.6 is 12.0 Å². The van der Waals surface area contributed by atoms with Gasteiger partial charge in [0.15, 0.2) is 22.9 Å². The Hall–Kier alpha value is -10.0. The van der Waals surface area contributed by atoms with E-state index in [1.54, 1.807) is 0 Å². The third kappa shape index (κ3) is 13.2. The highest BCUT2D eigenvalue weighted by molar-refractivity contribution is 7.94. The maximum Gasteiger partial charge on any atom is 0.356 e. The highest BCUT2D eigenvalue weighted by Gasteiger charge is 2.31. The van der Waals surface area contributed by atoms with E-state index in [1.165, 1.54) is 0 Å². The van der Waals surface area contributed by atoms with Gasteiger partial charge < -0.3 is 26.2 Å². The zero-order chi connectivity index (χ0) is 64.9. The molecule has 0 aliphatic rings. The molecule has 0 unspecified atom stereocenters. The van der Waals surface area contributed by atoms with Gasteiger partial charge in [-0.05, 0) is 78.9 Å². The van der Waals surface area contributed by atoms with E-state index in [9.17, 15) is 110 Å². The summed E-state index contributed by atoms with van der Waals surface area (Å²) in [4.78, 5) is 41.4. The van der Waals surface area contributed by atoms with Crippen LogP contribution in [0.2, 0.25) is 0 Å². The molecular weight excluding hydrogens is 1310 g/mol. The van der Waals surface area contributed by atoms with Crippen LogP contribution in [0.4, 0.5) is 56.9 Å². The van der Waals surface area contributed by atoms with Crippen LogP contribution in [-0.2, 0) is 60.0 Å². The number of aromatic nitrogens is 2. The molecule has 1 heterocycles. The molecule has 8 rings (SSSR count). The van der Waals surface area contributed by atoms with Gasteiger partial charge in [0.25, 0.3) is 61.8 Å². The number of rotatable bonds is 20. The number of nitro benzene ring substituents is 1. The number of carboxylic acids is 2. The summed E-state index contributed by atoms with van der Waals surface area (Å²) in [6.07, 6.45) is 0. The quantitative estimate of drug-likeness (QED) is 0.00652. The summed E-state index contributed by atoms with van der Waals surface area (Å²) in [6.45, 7) is 0. The number of azo groups is 4. The summed E-state index contributed by atoms with van der Waals surface area (Å²) in [5.74, 6) is -6.07. The maximum absolute atomic E-state index is 13.3. The van der Waals surface area contributed by atoms with E-state index < -0.39 is 204 Å². The molecular formula is C43H28N12O27S6. The van der Waals surface area contributed by atoms with E-state index in [4.69, 9.17) is 11.0 Å². The fourth-order valence-electron chi connectivity index (χ4n) is 7.83. The molecule has 0 spiro atoms. The van der Waals surface area contributed by atoms with E-state index in [-0.39, 0.29) is 17.7 Å². The number of carbonyl (C=O) groups is 2. The molecule has 458 valence electrons. The van der Waals surface area contributed by atoms with Crippen molar-refractivity contribution in [1.82, 2.24) is 9.78 Å². The van der Waals surface area contributed by atoms with Gasteiger partial charge in [0.1, 0.15) is 48.0 Å². The summed E-state index contributed by atoms with van der Waals surface area (Å²) in [6, 6.07) is 11.0. The predicted molar refractivity (Wildman–Crippen MR) is 292 cm³/mol. The molecule has 8 aromatic rings. The Morgan fingerprint density at radius 3 is 1.69 bits per heavy atom. The number of benzene rings is 7. The van der Waals surface area contributed by atoms with Crippen LogP contribution in [0.1, 0.15) is 20.8 Å². The summed E-state index contributed by atoms with van der Waals surface area (Å²) < 4.78 is 181. The molecule has 0 radical (unpaired) electrons. The summed E-state index contributed by atoms with van der Waals surface area (Å²) in [5.41, 5.74) is -5.18. The predicted octanol–water partition coefficient (Wildman–Crippen LogP) is 8.09. The third-order valence-electron chi connectivity index (χ3n) is 11.6. The van der Waals surface area contributed by atoms with Crippen molar-refractivity contribution in [2.24, 2.45) is 40.9 Å². The van der Waals surface area contributed by atoms with Gasteiger partial charge in [-0.3, -0.25) is 42.8 Å². The van der Waals surface area contributed by atoms with Crippen molar-refractivity contribution >= 4 is 153 Å². The standard InChI is InChI=1S/C43H28N12O27S6/c44-33-27(15-29(85(69,70)71)24-13-28(83-82-81-65)34(39(57)32(24)33)50-47-25-7-3-20(55(63)64)12-30(25)86(72,73)74)49-48-26-8-6-22-23(40(26)88(78,79)80)14-31(87(75,76)77)35(38(22)56)51-45-17-9-16(42(59)60)10-18(11-17)46-52-36-37(43(61)62)53-54(41(36)58)19-1-4-21(5-2-19)84(66,67)68/h1-15,53,56-57,65H,44H2,(H,59,60)(H,61,62)(H,66,67,68)(H,69,70,71)(H,72,73,74)(H,75,76,77)(H,78,79,80). The number of phenols is 2. The first-order valence-electron chi connectivity index (χ1n) is 22.4. The number of fused-ring (bicyclic) bond motifs is 2. The van der Waals surface area contributed by atoms with Gasteiger partial charge in [-0.1, -0.05) is 5.04 Å². The zero-order valence-electron chi connectivity index (χ0n) is 42.1. The highest BCUT2D eigenvalue weighted by Crippen LogP contribution is 2.51. The number of nitrogen functional groups attached to an aromatic ring is 1. The second kappa shape index (κ2) is 23.7. The Kier molecular flexibility index (Phi) is 17.2. The van der Waals surface area contributed by atoms with E-state index in [1.807, 2.05) is 0 Å². The molecule has 13 N–H and O–H groups in total. The molecule has 0 saturated carbocycles. The van der Waals surface area contributed by atoms with Gasteiger partial charge >= 0.3 is 11.9 Å². The number of H-pyrrole nitrogens is 1. The van der Waals surface area contributed by atoms with Gasteiger partial charge in [0.05, 0.1) is 60.5 Å². The zero-order valence-corrected chi connectivity index (χ0v) is 47.0. The molecule has 0 saturated heterocycles. The normalized spacial score (nSPS) is 12.8. The SMILES string of the molecule is Nc1c(N=Nc2ccc3c(O)c(N=Nc4cc(N=Nc5c(C(=O)O)[nH]n(-c6ccc(S(=O)(=O)O)cc6)c5=O)cc(C(=O)O)c4)c(S(=O)(=O)O)cc3c2S(=O)(=O)O)cc(S(=O)(=O)O)c2cc(SOOO)c(N=Nc3ccc([N+](=O)[O-])cc3S(=O)(=O)O)c(O)c12. The molecule has 88 heavy (non-hydrogen) atoms. The number of hydrogen-bond donors (Lipinski definition) is 12.